The summed E-state index contributed by atoms with van der Waals surface area (Å²) >= 11 is 0. The summed E-state index contributed by atoms with van der Waals surface area (Å²) in [6.07, 6.45) is 4.51. The molecular formula is C29H37N3O3. The van der Waals surface area contributed by atoms with Crippen LogP contribution >= 0.6 is 0 Å². The molecule has 1 saturated carbocycles. The molecule has 1 saturated heterocycles. The van der Waals surface area contributed by atoms with Crippen LogP contribution in [0.5, 0.6) is 5.75 Å². The van der Waals surface area contributed by atoms with Crippen LogP contribution in [0.2, 0.25) is 0 Å². The van der Waals surface area contributed by atoms with E-state index in [1.54, 1.807) is 0 Å². The first-order valence-electron chi connectivity index (χ1n) is 13.4. The SMILES string of the molecule is O=C(c1ccc2c(c1)OCCN(C[C@H](O)CN1CCc3ccccc3C1)C2)N1CC2CCCC2C1. The zero-order chi connectivity index (χ0) is 23.8. The number of likely N-dealkylation sites (tertiary alicyclic amines) is 1. The molecule has 1 N–H and O–H groups in total. The number of hydrogen-bond acceptors (Lipinski definition) is 5. The second-order valence-corrected chi connectivity index (χ2v) is 11.0. The van der Waals surface area contributed by atoms with Gasteiger partial charge >= 0.3 is 0 Å². The van der Waals surface area contributed by atoms with Gasteiger partial charge in [-0.05, 0) is 54.4 Å². The second-order valence-electron chi connectivity index (χ2n) is 11.0. The number of fused-ring (bicyclic) bond motifs is 3. The Morgan fingerprint density at radius 1 is 0.943 bits per heavy atom. The third-order valence-corrected chi connectivity index (χ3v) is 8.53. The molecule has 0 radical (unpaired) electrons. The van der Waals surface area contributed by atoms with Gasteiger partial charge in [-0.1, -0.05) is 36.8 Å². The van der Waals surface area contributed by atoms with Crippen molar-refractivity contribution in [3.63, 3.8) is 0 Å². The molecule has 186 valence electrons. The predicted molar refractivity (Wildman–Crippen MR) is 135 cm³/mol. The lowest BCUT2D eigenvalue weighted by molar-refractivity contribution is 0.0648. The molecule has 2 unspecified atom stereocenters. The van der Waals surface area contributed by atoms with E-state index in [0.29, 0.717) is 31.5 Å². The highest BCUT2D eigenvalue weighted by Crippen LogP contribution is 2.38. The fraction of sp³-hybridized carbons (Fsp3) is 0.552. The third kappa shape index (κ3) is 4.97. The van der Waals surface area contributed by atoms with E-state index in [1.807, 2.05) is 18.2 Å². The maximum atomic E-state index is 13.1. The van der Waals surface area contributed by atoms with Gasteiger partial charge in [0, 0.05) is 63.5 Å². The zero-order valence-corrected chi connectivity index (χ0v) is 20.6. The number of aliphatic hydroxyl groups is 1. The van der Waals surface area contributed by atoms with Gasteiger partial charge in [-0.2, -0.15) is 0 Å². The first kappa shape index (κ1) is 23.0. The van der Waals surface area contributed by atoms with Crippen molar-refractivity contribution in [3.8, 4) is 5.75 Å². The van der Waals surface area contributed by atoms with E-state index in [1.165, 1.54) is 30.4 Å². The molecule has 3 atom stereocenters. The number of hydrogen-bond donors (Lipinski definition) is 1. The number of amides is 1. The van der Waals surface area contributed by atoms with E-state index in [-0.39, 0.29) is 5.91 Å². The number of ether oxygens (including phenoxy) is 1. The molecule has 6 heteroatoms. The Kier molecular flexibility index (Phi) is 6.52. The number of carbonyl (C=O) groups excluding carboxylic acids is 1. The molecule has 2 fully saturated rings. The average molecular weight is 476 g/mol. The molecule has 6 nitrogen and oxygen atoms in total. The second kappa shape index (κ2) is 9.92. The standard InChI is InChI=1S/C29H37N3O3/c33-27(19-30-11-10-21-4-1-2-5-23(21)15-30)20-31-12-13-35-28-14-22(8-9-26(28)16-31)29(34)32-17-24-6-3-7-25(24)18-32/h1-2,4-5,8-9,14,24-25,27,33H,3,6-7,10-13,15-20H2/t24?,25?,27-/m1/s1. The van der Waals surface area contributed by atoms with Crippen molar-refractivity contribution >= 4 is 5.91 Å². The lowest BCUT2D eigenvalue weighted by Crippen LogP contribution is -2.42. The Balaban J connectivity index is 1.05. The fourth-order valence-corrected chi connectivity index (χ4v) is 6.66. The van der Waals surface area contributed by atoms with Crippen LogP contribution < -0.4 is 4.74 Å². The lowest BCUT2D eigenvalue weighted by atomic mass is 10.00. The Bertz CT molecular complexity index is 1060. The van der Waals surface area contributed by atoms with Crippen LogP contribution in [-0.2, 0) is 19.5 Å². The Labute approximate surface area is 208 Å². The highest BCUT2D eigenvalue weighted by Gasteiger charge is 2.38. The first-order chi connectivity index (χ1) is 17.1. The van der Waals surface area contributed by atoms with Gasteiger partial charge in [-0.25, -0.2) is 0 Å². The van der Waals surface area contributed by atoms with Gasteiger partial charge in [0.05, 0.1) is 6.10 Å². The average Bonchev–Trinajstić information content (AvgIpc) is 3.41. The van der Waals surface area contributed by atoms with Crippen molar-refractivity contribution in [2.75, 3.05) is 45.9 Å². The van der Waals surface area contributed by atoms with Gasteiger partial charge in [0.15, 0.2) is 0 Å². The molecule has 1 amide bonds. The van der Waals surface area contributed by atoms with Crippen molar-refractivity contribution in [1.82, 2.24) is 14.7 Å². The van der Waals surface area contributed by atoms with E-state index in [0.717, 1.165) is 62.6 Å². The topological polar surface area (TPSA) is 56.2 Å². The van der Waals surface area contributed by atoms with Crippen molar-refractivity contribution in [1.29, 1.82) is 0 Å². The third-order valence-electron chi connectivity index (χ3n) is 8.53. The minimum Gasteiger partial charge on any atom is -0.492 e. The Morgan fingerprint density at radius 2 is 1.66 bits per heavy atom. The zero-order valence-electron chi connectivity index (χ0n) is 20.6. The predicted octanol–water partition coefficient (Wildman–Crippen LogP) is 3.17. The molecule has 0 bridgehead atoms. The van der Waals surface area contributed by atoms with Gasteiger partial charge in [0.25, 0.3) is 5.91 Å². The number of β-amino-alcohol motifs (C(OH)–C–C–N with tert-alkyl or cyclic N) is 1. The quantitative estimate of drug-likeness (QED) is 0.720. The minimum absolute atomic E-state index is 0.144. The number of carbonyl (C=O) groups is 1. The smallest absolute Gasteiger partial charge is 0.254 e. The number of rotatable bonds is 5. The largest absolute Gasteiger partial charge is 0.492 e. The summed E-state index contributed by atoms with van der Waals surface area (Å²) in [6.45, 7) is 7.12. The van der Waals surface area contributed by atoms with E-state index in [2.05, 4.69) is 39.0 Å². The summed E-state index contributed by atoms with van der Waals surface area (Å²) in [4.78, 5) is 19.8. The van der Waals surface area contributed by atoms with Gasteiger partial charge < -0.3 is 14.7 Å². The van der Waals surface area contributed by atoms with Crippen LogP contribution in [-0.4, -0.2) is 77.7 Å². The van der Waals surface area contributed by atoms with E-state index >= 15 is 0 Å². The normalized spacial score (nSPS) is 25.3. The molecule has 2 aromatic rings. The molecule has 3 heterocycles. The summed E-state index contributed by atoms with van der Waals surface area (Å²) in [5.41, 5.74) is 4.65. The van der Waals surface area contributed by atoms with Gasteiger partial charge in [-0.3, -0.25) is 14.6 Å². The summed E-state index contributed by atoms with van der Waals surface area (Å²) < 4.78 is 6.07. The Morgan fingerprint density at radius 3 is 2.46 bits per heavy atom. The van der Waals surface area contributed by atoms with Crippen LogP contribution in [0.25, 0.3) is 0 Å². The van der Waals surface area contributed by atoms with Crippen LogP contribution in [0, 0.1) is 11.8 Å². The molecule has 6 rings (SSSR count). The maximum Gasteiger partial charge on any atom is 0.254 e. The molecule has 0 aromatic heterocycles. The molecule has 3 aliphatic heterocycles. The van der Waals surface area contributed by atoms with Crippen LogP contribution in [0.15, 0.2) is 42.5 Å². The van der Waals surface area contributed by atoms with E-state index in [4.69, 9.17) is 4.74 Å². The van der Waals surface area contributed by atoms with Crippen molar-refractivity contribution in [2.45, 2.75) is 44.9 Å². The van der Waals surface area contributed by atoms with Gasteiger partial charge in [-0.15, -0.1) is 0 Å². The summed E-state index contributed by atoms with van der Waals surface area (Å²) in [5.74, 6) is 2.37. The summed E-state index contributed by atoms with van der Waals surface area (Å²) in [5, 5.41) is 10.9. The number of nitrogens with zero attached hydrogens (tertiary/aromatic N) is 3. The minimum atomic E-state index is -0.405. The van der Waals surface area contributed by atoms with Gasteiger partial charge in [0.1, 0.15) is 12.4 Å². The molecule has 4 aliphatic rings. The van der Waals surface area contributed by atoms with Crippen LogP contribution in [0.3, 0.4) is 0 Å². The molecule has 1 aliphatic carbocycles. The van der Waals surface area contributed by atoms with Crippen molar-refractivity contribution < 1.29 is 14.6 Å². The highest BCUT2D eigenvalue weighted by atomic mass is 16.5. The summed E-state index contributed by atoms with van der Waals surface area (Å²) in [6, 6.07) is 14.6. The molecular weight excluding hydrogens is 438 g/mol. The van der Waals surface area contributed by atoms with Gasteiger partial charge in [0.2, 0.25) is 0 Å². The molecule has 0 spiro atoms. The first-order valence-corrected chi connectivity index (χ1v) is 13.4. The number of benzene rings is 2. The number of aliphatic hydroxyl groups excluding tert-OH is 1. The van der Waals surface area contributed by atoms with E-state index < -0.39 is 6.10 Å². The highest BCUT2D eigenvalue weighted by molar-refractivity contribution is 5.95. The maximum absolute atomic E-state index is 13.1. The van der Waals surface area contributed by atoms with Crippen molar-refractivity contribution in [2.24, 2.45) is 11.8 Å². The van der Waals surface area contributed by atoms with Crippen molar-refractivity contribution in [3.05, 3.63) is 64.7 Å². The Hall–Kier alpha value is -2.41. The lowest BCUT2D eigenvalue weighted by Gasteiger charge is -2.32. The van der Waals surface area contributed by atoms with Crippen LogP contribution in [0.1, 0.15) is 46.3 Å². The fourth-order valence-electron chi connectivity index (χ4n) is 6.66. The monoisotopic (exact) mass is 475 g/mol. The van der Waals surface area contributed by atoms with E-state index in [9.17, 15) is 9.90 Å². The molecule has 2 aromatic carbocycles. The van der Waals surface area contributed by atoms with Crippen LogP contribution in [0.4, 0.5) is 0 Å². The molecule has 35 heavy (non-hydrogen) atoms. The summed E-state index contributed by atoms with van der Waals surface area (Å²) in [7, 11) is 0.